The van der Waals surface area contributed by atoms with Crippen LogP contribution in [0.2, 0.25) is 0 Å². The number of carbonyl (C=O) groups excluding carboxylic acids is 5. The van der Waals surface area contributed by atoms with Gasteiger partial charge in [-0.15, -0.1) is 0 Å². The molecule has 0 radical (unpaired) electrons. The summed E-state index contributed by atoms with van der Waals surface area (Å²) in [5, 5.41) is 25.8. The van der Waals surface area contributed by atoms with E-state index in [4.69, 9.17) is 15.9 Å². The van der Waals surface area contributed by atoms with Gasteiger partial charge < -0.3 is 60.8 Å². The van der Waals surface area contributed by atoms with Crippen LogP contribution in [0, 0.1) is 0 Å². The summed E-state index contributed by atoms with van der Waals surface area (Å²) < 4.78 is 20.7. The molecule has 6 rings (SSSR count). The van der Waals surface area contributed by atoms with Gasteiger partial charge in [-0.3, -0.25) is 18.7 Å². The number of benzene rings is 2. The number of unbranched alkanes of at least 4 members (excludes halogenated alkanes) is 2. The van der Waals surface area contributed by atoms with Crippen LogP contribution < -0.4 is 33.1 Å². The second-order valence-electron chi connectivity index (χ2n) is 15.8. The number of fused-ring (bicyclic) bond motifs is 2. The van der Waals surface area contributed by atoms with Crippen molar-refractivity contribution in [2.24, 2.45) is 0 Å². The first-order valence-electron chi connectivity index (χ1n) is 23.4. The Morgan fingerprint density at radius 1 is 0.693 bits per heavy atom. The van der Waals surface area contributed by atoms with Gasteiger partial charge in [-0.25, -0.2) is 28.8 Å². The van der Waals surface area contributed by atoms with Crippen LogP contribution in [0.25, 0.3) is 22.3 Å². The Morgan fingerprint density at radius 2 is 1.19 bits per heavy atom. The number of nitrogens with one attached hydrogen (secondary N) is 5. The molecule has 0 bridgehead atoms. The number of aliphatic hydroxyl groups is 1. The number of hydrogen-bond acceptors (Lipinski definition) is 20. The summed E-state index contributed by atoms with van der Waals surface area (Å²) in [6.45, 7) is 12.2. The van der Waals surface area contributed by atoms with E-state index in [1.807, 2.05) is 60.7 Å². The van der Waals surface area contributed by atoms with E-state index < -0.39 is 49.3 Å². The van der Waals surface area contributed by atoms with Crippen LogP contribution in [0.1, 0.15) is 92.7 Å². The molecule has 26 heteroatoms. The van der Waals surface area contributed by atoms with Crippen LogP contribution in [0.3, 0.4) is 0 Å². The van der Waals surface area contributed by atoms with Gasteiger partial charge in [0.25, 0.3) is 0 Å². The number of aromatic nitrogens is 8. The maximum atomic E-state index is 12.5. The van der Waals surface area contributed by atoms with E-state index in [0.29, 0.717) is 59.7 Å². The zero-order valence-electron chi connectivity index (χ0n) is 42.3. The van der Waals surface area contributed by atoms with E-state index in [-0.39, 0.29) is 36.5 Å². The second kappa shape index (κ2) is 32.4. The van der Waals surface area contributed by atoms with Crippen LogP contribution >= 0.6 is 0 Å². The lowest BCUT2D eigenvalue weighted by atomic mass is 10.2. The van der Waals surface area contributed by atoms with E-state index in [0.717, 1.165) is 56.8 Å². The standard InChI is InChI=1S/C18H22N6O2.C16H20N6O.C10H14O9.C4H8O2.CH4/c1-3-4-10-19-17-22-15(20-12(2)25)14-16(23-17)24(18(26)21-14)11-13-8-6-5-7-9-13;1-2-3-9-18-15-20-13(17)12-14(21-15)22(16(23)19-12)10-11-7-5-4-6-8-11;1-5(9(14)15)19-10(16)6(2)18-8(13)4-17-7(12)3-11;1-3-6-4(2)5;/h5-9H,3-4,10-11H2,1-2H3,(H,21,26)(H2,19,20,22,23,25);4-8H,2-3,9-10H2,1H3,(H,19,23)(H3,17,18,20,21);5-6,11H,3-4H2,1-2H3,(H,14,15);3H2,1-2H3;1H4. The number of aromatic amines is 2. The summed E-state index contributed by atoms with van der Waals surface area (Å²) in [5.74, 6) is -3.51. The molecule has 0 aliphatic rings. The Balaban J connectivity index is 0.000000366. The summed E-state index contributed by atoms with van der Waals surface area (Å²) in [5.41, 5.74) is 9.30. The number of aliphatic hydroxyl groups excluding tert-OH is 1. The molecular formula is C49H68N12O14. The minimum absolute atomic E-state index is 0. The van der Waals surface area contributed by atoms with Gasteiger partial charge in [0.2, 0.25) is 17.8 Å². The monoisotopic (exact) mass is 1050 g/mol. The molecule has 26 nitrogen and oxygen atoms in total. The van der Waals surface area contributed by atoms with Gasteiger partial charge in [0.05, 0.1) is 19.7 Å². The van der Waals surface area contributed by atoms with Crippen LogP contribution in [-0.2, 0) is 60.8 Å². The van der Waals surface area contributed by atoms with Crippen molar-refractivity contribution >= 4 is 81.6 Å². The molecule has 0 saturated carbocycles. The number of nitrogens with two attached hydrogens (primary N) is 1. The van der Waals surface area contributed by atoms with Gasteiger partial charge in [0.15, 0.2) is 41.7 Å². The molecular weight excluding hydrogens is 981 g/mol. The lowest BCUT2D eigenvalue weighted by Gasteiger charge is -2.14. The highest BCUT2D eigenvalue weighted by Gasteiger charge is 2.25. The number of ether oxygens (including phenoxy) is 4. The Labute approximate surface area is 431 Å². The van der Waals surface area contributed by atoms with Gasteiger partial charge >= 0.3 is 41.2 Å². The smallest absolute Gasteiger partial charge is 0.347 e. The lowest BCUT2D eigenvalue weighted by molar-refractivity contribution is -0.177. The van der Waals surface area contributed by atoms with Crippen molar-refractivity contribution in [1.82, 2.24) is 39.0 Å². The highest BCUT2D eigenvalue weighted by atomic mass is 16.6. The first-order valence-corrected chi connectivity index (χ1v) is 23.4. The maximum Gasteiger partial charge on any atom is 0.347 e. The van der Waals surface area contributed by atoms with E-state index in [2.05, 4.69) is 78.6 Å². The van der Waals surface area contributed by atoms with Crippen LogP contribution in [-0.4, -0.2) is 130 Å². The second-order valence-corrected chi connectivity index (χ2v) is 15.8. The molecule has 2 atom stereocenters. The zero-order chi connectivity index (χ0) is 54.7. The molecule has 408 valence electrons. The van der Waals surface area contributed by atoms with E-state index in [1.54, 1.807) is 16.1 Å². The Bertz CT molecular complexity index is 2900. The number of carboxylic acids is 1. The number of H-pyrrole nitrogens is 2. The predicted molar refractivity (Wildman–Crippen MR) is 279 cm³/mol. The molecule has 4 heterocycles. The number of nitrogen functional groups attached to an aromatic ring is 1. The molecule has 0 aliphatic heterocycles. The molecule has 0 spiro atoms. The molecule has 1 amide bonds. The van der Waals surface area contributed by atoms with Crippen molar-refractivity contribution in [2.45, 2.75) is 107 Å². The third-order valence-corrected chi connectivity index (χ3v) is 9.67. The SMILES string of the molecule is C.CC(OC(=O)C(C)OC(=O)COC(=O)CO)C(=O)O.CCCCNc1nc(N)c2[nH]c(=O)n(Cc3ccccc3)c2n1.CCCCNc1nc(NC(C)=O)c2[nH]c(=O)n(Cc3ccccc3)c2n1.CCOC(C)=O. The topological polar surface area (TPSA) is 369 Å². The Kier molecular flexibility index (Phi) is 27.0. The highest BCUT2D eigenvalue weighted by molar-refractivity contribution is 5.96. The van der Waals surface area contributed by atoms with Crippen molar-refractivity contribution in [3.05, 3.63) is 92.8 Å². The first kappa shape index (κ1) is 62.4. The quantitative estimate of drug-likeness (QED) is 0.0287. The molecule has 2 unspecified atom stereocenters. The number of carboxylic acid groups (broad SMARTS) is 1. The van der Waals surface area contributed by atoms with Crippen molar-refractivity contribution < 1.29 is 57.9 Å². The molecule has 75 heavy (non-hydrogen) atoms. The number of imidazole rings is 2. The number of amides is 1. The van der Waals surface area contributed by atoms with Gasteiger partial charge in [0.1, 0.15) is 17.6 Å². The molecule has 2 aromatic carbocycles. The Morgan fingerprint density at radius 3 is 1.63 bits per heavy atom. The zero-order valence-corrected chi connectivity index (χ0v) is 42.3. The van der Waals surface area contributed by atoms with Crippen molar-refractivity contribution in [2.75, 3.05) is 54.6 Å². The third-order valence-electron chi connectivity index (χ3n) is 9.67. The number of hydrogen-bond donors (Lipinski definition) is 8. The molecule has 0 saturated heterocycles. The molecule has 0 fully saturated rings. The number of esters is 4. The maximum absolute atomic E-state index is 12.5. The minimum atomic E-state index is -1.37. The molecule has 9 N–H and O–H groups in total. The largest absolute Gasteiger partial charge is 0.479 e. The van der Waals surface area contributed by atoms with E-state index in [1.165, 1.54) is 20.8 Å². The fourth-order valence-electron chi connectivity index (χ4n) is 6.06. The minimum Gasteiger partial charge on any atom is -0.479 e. The summed E-state index contributed by atoms with van der Waals surface area (Å²) in [7, 11) is 0. The normalized spacial score (nSPS) is 11.0. The van der Waals surface area contributed by atoms with Crippen LogP contribution in [0.4, 0.5) is 23.5 Å². The van der Waals surface area contributed by atoms with Crippen LogP contribution in [0.15, 0.2) is 70.3 Å². The average Bonchev–Trinajstić information content (AvgIpc) is 3.85. The molecule has 4 aromatic heterocycles. The Hall–Kier alpha value is -8.68. The summed E-state index contributed by atoms with van der Waals surface area (Å²) in [4.78, 5) is 112. The van der Waals surface area contributed by atoms with Crippen molar-refractivity contribution in [1.29, 1.82) is 0 Å². The van der Waals surface area contributed by atoms with Gasteiger partial charge in [-0.2, -0.15) is 19.9 Å². The fourth-order valence-corrected chi connectivity index (χ4v) is 6.06. The highest BCUT2D eigenvalue weighted by Crippen LogP contribution is 2.21. The number of anilines is 4. The number of aliphatic carboxylic acids is 1. The van der Waals surface area contributed by atoms with Gasteiger partial charge in [0, 0.05) is 26.9 Å². The molecule has 0 aliphatic carbocycles. The summed E-state index contributed by atoms with van der Waals surface area (Å²) >= 11 is 0. The number of rotatable bonds is 21. The number of carbonyl (C=O) groups is 6. The van der Waals surface area contributed by atoms with E-state index >= 15 is 0 Å². The number of nitrogens with zero attached hydrogens (tertiary/aromatic N) is 6. The molecule has 6 aromatic rings. The van der Waals surface area contributed by atoms with Gasteiger partial charge in [-0.05, 0) is 44.7 Å². The average molecular weight is 1050 g/mol. The fraction of sp³-hybridized carbons (Fsp3) is 0.429. The van der Waals surface area contributed by atoms with Crippen LogP contribution in [0.5, 0.6) is 0 Å². The summed E-state index contributed by atoms with van der Waals surface area (Å²) in [6.07, 6.45) is 1.39. The summed E-state index contributed by atoms with van der Waals surface area (Å²) in [6, 6.07) is 19.4. The van der Waals surface area contributed by atoms with E-state index in [9.17, 15) is 38.4 Å². The first-order chi connectivity index (χ1) is 35.3. The van der Waals surface area contributed by atoms with Crippen molar-refractivity contribution in [3.63, 3.8) is 0 Å². The third kappa shape index (κ3) is 21.1. The predicted octanol–water partition coefficient (Wildman–Crippen LogP) is 3.98. The lowest BCUT2D eigenvalue weighted by Crippen LogP contribution is -2.33. The van der Waals surface area contributed by atoms with Crippen molar-refractivity contribution in [3.8, 4) is 0 Å². The van der Waals surface area contributed by atoms with Gasteiger partial charge in [-0.1, -0.05) is 94.8 Å².